The molecule has 1 aliphatic heterocycles. The topological polar surface area (TPSA) is 171 Å². The number of rotatable bonds is 10. The van der Waals surface area contributed by atoms with Crippen LogP contribution in [0.4, 0.5) is 0 Å². The minimum Gasteiger partial charge on any atom is -0.390 e. The molecule has 5 rings (SSSR count). The van der Waals surface area contributed by atoms with Crippen LogP contribution in [-0.2, 0) is 23.3 Å². The summed E-state index contributed by atoms with van der Waals surface area (Å²) in [5, 5.41) is 27.1. The Bertz CT molecular complexity index is 1690. The average molecular weight is 605 g/mol. The van der Waals surface area contributed by atoms with E-state index in [1.807, 2.05) is 30.3 Å². The fraction of sp³-hybridized carbons (Fsp3) is 0.419. The Morgan fingerprint density at radius 1 is 1.16 bits per heavy atom. The Balaban J connectivity index is 1.40. The van der Waals surface area contributed by atoms with Gasteiger partial charge in [-0.3, -0.25) is 14.3 Å². The van der Waals surface area contributed by atoms with Crippen LogP contribution in [0.15, 0.2) is 54.6 Å². The highest BCUT2D eigenvalue weighted by atomic mass is 32.2. The number of carbonyl (C=O) groups is 2. The molecule has 1 aliphatic carbocycles. The molecule has 4 N–H and O–H groups in total. The van der Waals surface area contributed by atoms with Crippen molar-refractivity contribution >= 4 is 21.7 Å². The van der Waals surface area contributed by atoms with Crippen molar-refractivity contribution in [3.05, 3.63) is 88.2 Å². The molecule has 1 saturated carbocycles. The average Bonchev–Trinajstić information content (AvgIpc) is 3.72. The molecule has 2 aromatic carbocycles. The molecule has 226 valence electrons. The number of aryl methyl sites for hydroxylation is 1. The minimum atomic E-state index is -3.86. The van der Waals surface area contributed by atoms with E-state index in [0.717, 1.165) is 11.1 Å². The van der Waals surface area contributed by atoms with Crippen molar-refractivity contribution < 1.29 is 23.1 Å². The third-order valence-corrected chi connectivity index (χ3v) is 12.2. The molecule has 12 heteroatoms. The molecule has 2 heterocycles. The minimum absolute atomic E-state index is 0.00416. The SMILES string of the molecule is Cn1nc(C(=O)NC(c2ccccc2)c2ccc(C#N)cc2)c2c1C(=O)N(CC1(S(=O)(=O)C(C)(C)C(O)CN)CC1)CC2. The summed E-state index contributed by atoms with van der Waals surface area (Å²) in [4.78, 5) is 28.9. The molecule has 1 aromatic heterocycles. The number of benzene rings is 2. The highest BCUT2D eigenvalue weighted by Gasteiger charge is 2.62. The lowest BCUT2D eigenvalue weighted by atomic mass is 9.97. The summed E-state index contributed by atoms with van der Waals surface area (Å²) in [6.45, 7) is 2.98. The third-order valence-electron chi connectivity index (χ3n) is 8.84. The van der Waals surface area contributed by atoms with Crippen LogP contribution < -0.4 is 11.1 Å². The molecule has 3 aromatic rings. The molecule has 2 atom stereocenters. The van der Waals surface area contributed by atoms with Crippen LogP contribution in [-0.4, -0.2) is 75.3 Å². The number of sulfone groups is 1. The standard InChI is InChI=1S/C31H36N6O5S/c1-30(2,24(38)18-33)43(41,42)31(14-15-31)19-37-16-13-23-26(35-36(3)27(23)29(37)40)28(39)34-25(21-7-5-4-6-8-21)22-11-9-20(17-32)10-12-22/h4-12,24-25,38H,13-16,18-19,33H2,1-3H3,(H,34,39). The van der Waals surface area contributed by atoms with Gasteiger partial charge in [0.1, 0.15) is 5.69 Å². The predicted molar refractivity (Wildman–Crippen MR) is 160 cm³/mol. The van der Waals surface area contributed by atoms with Crippen molar-refractivity contribution in [1.29, 1.82) is 5.26 Å². The van der Waals surface area contributed by atoms with Gasteiger partial charge in [-0.05, 0) is 56.4 Å². The quantitative estimate of drug-likeness (QED) is 0.315. The van der Waals surface area contributed by atoms with Crippen molar-refractivity contribution in [3.8, 4) is 6.07 Å². The Morgan fingerprint density at radius 3 is 2.37 bits per heavy atom. The van der Waals surface area contributed by atoms with Crippen molar-refractivity contribution in [1.82, 2.24) is 20.0 Å². The number of hydrogen-bond donors (Lipinski definition) is 3. The molecule has 0 radical (unpaired) electrons. The molecule has 2 amide bonds. The van der Waals surface area contributed by atoms with E-state index in [1.54, 1.807) is 31.3 Å². The van der Waals surface area contributed by atoms with Gasteiger partial charge in [-0.25, -0.2) is 8.42 Å². The summed E-state index contributed by atoms with van der Waals surface area (Å²) in [5.74, 6) is -0.837. The van der Waals surface area contributed by atoms with Gasteiger partial charge in [-0.2, -0.15) is 10.4 Å². The van der Waals surface area contributed by atoms with E-state index < -0.39 is 37.4 Å². The van der Waals surface area contributed by atoms with Gasteiger partial charge in [0.2, 0.25) is 0 Å². The lowest BCUT2D eigenvalue weighted by molar-refractivity contribution is 0.0723. The van der Waals surface area contributed by atoms with Gasteiger partial charge < -0.3 is 21.1 Å². The van der Waals surface area contributed by atoms with Gasteiger partial charge in [0.25, 0.3) is 11.8 Å². The largest absolute Gasteiger partial charge is 0.390 e. The summed E-state index contributed by atoms with van der Waals surface area (Å²) in [5.41, 5.74) is 8.62. The molecule has 0 spiro atoms. The van der Waals surface area contributed by atoms with Crippen LogP contribution in [0.5, 0.6) is 0 Å². The van der Waals surface area contributed by atoms with E-state index in [-0.39, 0.29) is 36.9 Å². The van der Waals surface area contributed by atoms with E-state index in [2.05, 4.69) is 16.5 Å². The number of nitriles is 1. The van der Waals surface area contributed by atoms with Crippen LogP contribution in [0.3, 0.4) is 0 Å². The normalized spacial score (nSPS) is 17.5. The van der Waals surface area contributed by atoms with Crippen molar-refractivity contribution in [2.45, 2.75) is 54.7 Å². The lowest BCUT2D eigenvalue weighted by Gasteiger charge is -2.37. The molecule has 0 saturated heterocycles. The maximum Gasteiger partial charge on any atom is 0.272 e. The highest BCUT2D eigenvalue weighted by molar-refractivity contribution is 7.94. The second kappa shape index (κ2) is 11.2. The molecule has 0 bridgehead atoms. The van der Waals surface area contributed by atoms with Gasteiger partial charge >= 0.3 is 0 Å². The first-order chi connectivity index (χ1) is 20.4. The van der Waals surface area contributed by atoms with Crippen LogP contribution >= 0.6 is 0 Å². The maximum atomic E-state index is 13.7. The second-order valence-corrected chi connectivity index (χ2v) is 14.8. The van der Waals surface area contributed by atoms with Gasteiger partial charge in [0.05, 0.1) is 33.3 Å². The summed E-state index contributed by atoms with van der Waals surface area (Å²) < 4.78 is 26.1. The monoisotopic (exact) mass is 604 g/mol. The molecule has 43 heavy (non-hydrogen) atoms. The fourth-order valence-electron chi connectivity index (χ4n) is 5.88. The first kappa shape index (κ1) is 30.4. The van der Waals surface area contributed by atoms with Crippen molar-refractivity contribution in [2.24, 2.45) is 12.8 Å². The van der Waals surface area contributed by atoms with Gasteiger partial charge in [0, 0.05) is 32.2 Å². The van der Waals surface area contributed by atoms with E-state index in [1.165, 1.54) is 23.4 Å². The summed E-state index contributed by atoms with van der Waals surface area (Å²) in [7, 11) is -2.26. The van der Waals surface area contributed by atoms with Crippen LogP contribution in [0.1, 0.15) is 76.0 Å². The summed E-state index contributed by atoms with van der Waals surface area (Å²) in [6.07, 6.45) is -0.125. The number of nitrogens with one attached hydrogen (secondary N) is 1. The van der Waals surface area contributed by atoms with Crippen molar-refractivity contribution in [2.75, 3.05) is 19.6 Å². The summed E-state index contributed by atoms with van der Waals surface area (Å²) >= 11 is 0. The van der Waals surface area contributed by atoms with Crippen LogP contribution in [0.2, 0.25) is 0 Å². The molecule has 2 unspecified atom stereocenters. The zero-order valence-corrected chi connectivity index (χ0v) is 25.3. The van der Waals surface area contributed by atoms with E-state index in [0.29, 0.717) is 30.4 Å². The van der Waals surface area contributed by atoms with Gasteiger partial charge in [-0.15, -0.1) is 0 Å². The Labute approximate surface area is 251 Å². The molecular formula is C31H36N6O5S. The fourth-order valence-corrected chi connectivity index (χ4v) is 8.41. The number of aliphatic hydroxyl groups excluding tert-OH is 1. The highest BCUT2D eigenvalue weighted by Crippen LogP contribution is 2.50. The Hall–Kier alpha value is -4.05. The molecule has 11 nitrogen and oxygen atoms in total. The van der Waals surface area contributed by atoms with E-state index in [9.17, 15) is 28.4 Å². The number of fused-ring (bicyclic) bond motifs is 1. The van der Waals surface area contributed by atoms with E-state index >= 15 is 0 Å². The number of nitrogens with zero attached hydrogens (tertiary/aromatic N) is 4. The lowest BCUT2D eigenvalue weighted by Crippen LogP contribution is -2.55. The first-order valence-corrected chi connectivity index (χ1v) is 15.7. The maximum absolute atomic E-state index is 13.7. The van der Waals surface area contributed by atoms with Crippen LogP contribution in [0.25, 0.3) is 0 Å². The zero-order valence-electron chi connectivity index (χ0n) is 24.4. The smallest absolute Gasteiger partial charge is 0.272 e. The van der Waals surface area contributed by atoms with E-state index in [4.69, 9.17) is 5.73 Å². The third kappa shape index (κ3) is 5.22. The van der Waals surface area contributed by atoms with Crippen molar-refractivity contribution in [3.63, 3.8) is 0 Å². The predicted octanol–water partition coefficient (Wildman–Crippen LogP) is 1.86. The first-order valence-electron chi connectivity index (χ1n) is 14.2. The number of aliphatic hydroxyl groups is 1. The molecule has 2 aliphatic rings. The second-order valence-electron chi connectivity index (χ2n) is 11.9. The number of nitrogens with two attached hydrogens (primary N) is 1. The molecular weight excluding hydrogens is 568 g/mol. The molecule has 1 fully saturated rings. The number of carbonyl (C=O) groups excluding carboxylic acids is 2. The van der Waals surface area contributed by atoms with Gasteiger partial charge in [-0.1, -0.05) is 42.5 Å². The van der Waals surface area contributed by atoms with Crippen LogP contribution in [0, 0.1) is 11.3 Å². The Morgan fingerprint density at radius 2 is 1.79 bits per heavy atom. The zero-order chi connectivity index (χ0) is 31.2. The Kier molecular flexibility index (Phi) is 7.94. The number of hydrogen-bond acceptors (Lipinski definition) is 8. The number of amides is 2. The number of aromatic nitrogens is 2. The van der Waals surface area contributed by atoms with Gasteiger partial charge in [0.15, 0.2) is 15.5 Å². The summed E-state index contributed by atoms with van der Waals surface area (Å²) in [6, 6.07) is 18.0.